The fraction of sp³-hybridized carbons (Fsp3) is 0.0588. The van der Waals surface area contributed by atoms with E-state index in [9.17, 15) is 14.3 Å². The maximum atomic E-state index is 12.1. The lowest BCUT2D eigenvalue weighted by atomic mass is 10.1. The van der Waals surface area contributed by atoms with Crippen LogP contribution in [0.15, 0.2) is 63.9 Å². The summed E-state index contributed by atoms with van der Waals surface area (Å²) in [6.45, 7) is 0. The van der Waals surface area contributed by atoms with E-state index >= 15 is 0 Å². The van der Waals surface area contributed by atoms with Gasteiger partial charge in [0.2, 0.25) is 5.52 Å². The van der Waals surface area contributed by atoms with Gasteiger partial charge in [-0.1, -0.05) is 52.8 Å². The molecule has 0 aliphatic rings. The molecule has 0 spiro atoms. The minimum absolute atomic E-state index is 0.285. The Hall–Kier alpha value is -1.91. The molecule has 0 unspecified atom stereocenters. The van der Waals surface area contributed by atoms with E-state index in [0.717, 1.165) is 21.7 Å². The summed E-state index contributed by atoms with van der Waals surface area (Å²) in [6.07, 6.45) is -1.93. The molecule has 0 atom stereocenters. The third-order valence-corrected chi connectivity index (χ3v) is 3.73. The van der Waals surface area contributed by atoms with Crippen LogP contribution in [0.1, 0.15) is 0 Å². The van der Waals surface area contributed by atoms with Gasteiger partial charge in [0.1, 0.15) is 7.05 Å². The van der Waals surface area contributed by atoms with Crippen LogP contribution in [0.4, 0.5) is 0 Å². The van der Waals surface area contributed by atoms with E-state index in [0.29, 0.717) is 11.0 Å². The summed E-state index contributed by atoms with van der Waals surface area (Å²) in [6, 6.07) is 15.5. The molecular weight excluding hydrogens is 384 g/mol. The molecule has 0 aliphatic carbocycles. The van der Waals surface area contributed by atoms with Gasteiger partial charge in [-0.15, -0.1) is 0 Å². The van der Waals surface area contributed by atoms with E-state index in [2.05, 4.69) is 27.0 Å². The number of rotatable bonds is 0. The highest BCUT2D eigenvalue weighted by Crippen LogP contribution is 2.46. The number of benzene rings is 2. The maximum absolute atomic E-state index is 12.1. The predicted molar refractivity (Wildman–Crippen MR) is 98.0 cm³/mol. The monoisotopic (exact) mass is 395 g/mol. The van der Waals surface area contributed by atoms with E-state index < -0.39 is 6.07 Å². The molecule has 0 amide bonds. The topological polar surface area (TPSA) is 74.2 Å². The smallest absolute Gasteiger partial charge is 0.344 e. The molecule has 0 radical (unpaired) electrons. The number of halogens is 2. The van der Waals surface area contributed by atoms with E-state index in [1.54, 1.807) is 6.07 Å². The molecule has 4 aromatic rings. The fourth-order valence-corrected chi connectivity index (χ4v) is 2.79. The minimum atomic E-state index is -3.94. The van der Waals surface area contributed by atoms with E-state index in [1.165, 1.54) is 0 Å². The number of pyridine rings is 1. The van der Waals surface area contributed by atoms with Crippen LogP contribution in [0.3, 0.4) is 0 Å². The zero-order valence-corrected chi connectivity index (χ0v) is 15.4. The van der Waals surface area contributed by atoms with Crippen LogP contribution in [-0.4, -0.2) is 0 Å². The molecule has 0 fully saturated rings. The number of para-hydroxylation sites is 1. The van der Waals surface area contributed by atoms with Crippen molar-refractivity contribution < 1.29 is 18.4 Å². The first-order chi connectivity index (χ1) is 11.8. The second-order valence-corrected chi connectivity index (χ2v) is 9.37. The molecular formula is C17H12Cl2NO4P. The molecule has 0 aliphatic heterocycles. The second kappa shape index (κ2) is 6.77. The van der Waals surface area contributed by atoms with E-state index in [-0.39, 0.29) is 5.63 Å². The zero-order chi connectivity index (χ0) is 18.2. The number of fused-ring (bicyclic) bond motifs is 5. The van der Waals surface area contributed by atoms with Crippen molar-refractivity contribution in [2.45, 2.75) is 0 Å². The molecule has 2 heterocycles. The van der Waals surface area contributed by atoms with Crippen LogP contribution in [0.2, 0.25) is 0 Å². The summed E-state index contributed by atoms with van der Waals surface area (Å²) in [5.41, 5.74) is 1.41. The minimum Gasteiger partial charge on any atom is -0.776 e. The average molecular weight is 396 g/mol. The Labute approximate surface area is 152 Å². The second-order valence-electron chi connectivity index (χ2n) is 5.35. The Bertz CT molecular complexity index is 1190. The fourth-order valence-electron chi connectivity index (χ4n) is 2.79. The van der Waals surface area contributed by atoms with Crippen molar-refractivity contribution in [2.24, 2.45) is 7.05 Å². The highest BCUT2D eigenvalue weighted by molar-refractivity contribution is 8.03. The molecule has 5 nitrogen and oxygen atoms in total. The normalized spacial score (nSPS) is 11.5. The van der Waals surface area contributed by atoms with Crippen LogP contribution in [0, 0.1) is 0 Å². The quantitative estimate of drug-likeness (QED) is 0.257. The van der Waals surface area contributed by atoms with Crippen LogP contribution in [0.25, 0.3) is 32.6 Å². The summed E-state index contributed by atoms with van der Waals surface area (Å²) < 4.78 is 16.8. The Kier molecular flexibility index (Phi) is 4.85. The van der Waals surface area contributed by atoms with Gasteiger partial charge in [0.15, 0.2) is 17.9 Å². The highest BCUT2D eigenvalue weighted by atomic mass is 35.9. The summed E-state index contributed by atoms with van der Waals surface area (Å²) >= 11 is 8.59. The van der Waals surface area contributed by atoms with Gasteiger partial charge >= 0.3 is 5.63 Å². The lowest BCUT2D eigenvalue weighted by Gasteiger charge is -2.04. The SMILES string of the molecule is C[n+]1cc2c3ccccc3c(=O)oc2c2ccccc21.O=P([O-])(Cl)Cl. The average Bonchev–Trinajstić information content (AvgIpc) is 2.55. The largest absolute Gasteiger partial charge is 0.776 e. The third-order valence-electron chi connectivity index (χ3n) is 3.73. The number of hydrogen-bond acceptors (Lipinski definition) is 4. The van der Waals surface area contributed by atoms with Crippen molar-refractivity contribution in [3.8, 4) is 0 Å². The molecule has 0 bridgehead atoms. The lowest BCUT2D eigenvalue weighted by molar-refractivity contribution is -0.643. The number of aromatic nitrogens is 1. The van der Waals surface area contributed by atoms with Crippen molar-refractivity contribution in [1.82, 2.24) is 0 Å². The van der Waals surface area contributed by atoms with Gasteiger partial charge in [0.25, 0.3) is 0 Å². The van der Waals surface area contributed by atoms with Gasteiger partial charge in [0.05, 0.1) is 16.2 Å². The summed E-state index contributed by atoms with van der Waals surface area (Å²) in [5, 5.41) is 3.46. The highest BCUT2D eigenvalue weighted by Gasteiger charge is 2.15. The van der Waals surface area contributed by atoms with Gasteiger partial charge in [-0.25, -0.2) is 9.36 Å². The molecule has 0 saturated heterocycles. The predicted octanol–water partition coefficient (Wildman–Crippen LogP) is 3.86. The molecule has 2 aromatic carbocycles. The molecule has 0 saturated carbocycles. The van der Waals surface area contributed by atoms with Crippen LogP contribution >= 0.6 is 28.6 Å². The maximum Gasteiger partial charge on any atom is 0.344 e. The summed E-state index contributed by atoms with van der Waals surface area (Å²) in [7, 11) is 2.00. The summed E-state index contributed by atoms with van der Waals surface area (Å²) in [4.78, 5) is 21.3. The Morgan fingerprint density at radius 2 is 1.48 bits per heavy atom. The van der Waals surface area contributed by atoms with Gasteiger partial charge in [0, 0.05) is 11.5 Å². The number of nitrogens with zero attached hydrogens (tertiary/aromatic N) is 1. The van der Waals surface area contributed by atoms with Gasteiger partial charge in [-0.05, 0) is 12.1 Å². The van der Waals surface area contributed by atoms with Crippen molar-refractivity contribution in [2.75, 3.05) is 0 Å². The molecule has 8 heteroatoms. The van der Waals surface area contributed by atoms with Gasteiger partial charge in [-0.3, -0.25) is 0 Å². The van der Waals surface area contributed by atoms with Gasteiger partial charge in [-0.2, -0.15) is 0 Å². The van der Waals surface area contributed by atoms with E-state index in [1.807, 2.05) is 55.7 Å². The molecule has 4 rings (SSSR count). The van der Waals surface area contributed by atoms with E-state index in [4.69, 9.17) is 4.42 Å². The number of hydrogen-bond donors (Lipinski definition) is 0. The molecule has 128 valence electrons. The van der Waals surface area contributed by atoms with Crippen molar-refractivity contribution in [3.05, 3.63) is 65.1 Å². The Morgan fingerprint density at radius 1 is 0.960 bits per heavy atom. The van der Waals surface area contributed by atoms with Crippen LogP contribution in [-0.2, 0) is 11.6 Å². The Morgan fingerprint density at radius 3 is 2.12 bits per heavy atom. The molecule has 0 N–H and O–H groups in total. The molecule has 25 heavy (non-hydrogen) atoms. The van der Waals surface area contributed by atoms with Crippen molar-refractivity contribution in [3.63, 3.8) is 0 Å². The number of aryl methyl sites for hydroxylation is 1. The lowest BCUT2D eigenvalue weighted by Crippen LogP contribution is -2.28. The van der Waals surface area contributed by atoms with Gasteiger partial charge < -0.3 is 13.9 Å². The first kappa shape index (κ1) is 17.9. The van der Waals surface area contributed by atoms with Crippen LogP contribution in [0.5, 0.6) is 0 Å². The third kappa shape index (κ3) is 3.86. The molecule has 2 aromatic heterocycles. The summed E-state index contributed by atoms with van der Waals surface area (Å²) in [5.74, 6) is 0. The van der Waals surface area contributed by atoms with Crippen LogP contribution < -0.4 is 15.1 Å². The first-order valence-electron chi connectivity index (χ1n) is 7.19. The first-order valence-corrected chi connectivity index (χ1v) is 10.6. The van der Waals surface area contributed by atoms with Crippen molar-refractivity contribution in [1.29, 1.82) is 0 Å². The zero-order valence-electron chi connectivity index (χ0n) is 13.0. The van der Waals surface area contributed by atoms with Crippen molar-refractivity contribution >= 4 is 61.2 Å². The standard InChI is InChI=1S/C17H12NO2.Cl2HO2P/c1-18-10-14-11-6-2-3-7-12(11)17(19)20-16(14)13-8-4-5-9-15(13)18;1-5(2,3)4/h2-10H,1H3;(H,3,4)/q+1;/p-1. The Balaban J connectivity index is 0.000000324.